The molecule has 0 saturated heterocycles. The molecule has 26 heavy (non-hydrogen) atoms. The Hall–Kier alpha value is -1.32. The number of esters is 1. The molecule has 4 nitrogen and oxygen atoms in total. The zero-order valence-electron chi connectivity index (χ0n) is 17.2. The topological polar surface area (TPSA) is 44.1 Å². The summed E-state index contributed by atoms with van der Waals surface area (Å²) in [7, 11) is 0. The van der Waals surface area contributed by atoms with Crippen molar-refractivity contribution in [2.45, 2.75) is 110 Å². The summed E-state index contributed by atoms with van der Waals surface area (Å²) in [5.41, 5.74) is 0.414. The number of rotatable bonds is 17. The van der Waals surface area contributed by atoms with E-state index in [1.165, 1.54) is 83.5 Å². The number of aromatic nitrogens is 2. The molecule has 0 amide bonds. The van der Waals surface area contributed by atoms with Crippen molar-refractivity contribution in [1.29, 1.82) is 0 Å². The van der Waals surface area contributed by atoms with Crippen LogP contribution in [0.15, 0.2) is 12.3 Å². The highest BCUT2D eigenvalue weighted by Crippen LogP contribution is 2.13. The SMILES string of the molecule is CCCCCCCCCCCCCCCCn1ccc(C(=O)OCC)n1. The second-order valence-electron chi connectivity index (χ2n) is 7.28. The molecule has 1 aromatic rings. The second-order valence-corrected chi connectivity index (χ2v) is 7.28. The summed E-state index contributed by atoms with van der Waals surface area (Å²) in [6.45, 7) is 5.37. The van der Waals surface area contributed by atoms with Crippen LogP contribution in [0.3, 0.4) is 0 Å². The maximum Gasteiger partial charge on any atom is 0.358 e. The zero-order chi connectivity index (χ0) is 18.9. The highest BCUT2D eigenvalue weighted by atomic mass is 16.5. The van der Waals surface area contributed by atoms with Crippen LogP contribution < -0.4 is 0 Å². The van der Waals surface area contributed by atoms with Gasteiger partial charge in [-0.2, -0.15) is 5.10 Å². The van der Waals surface area contributed by atoms with E-state index in [9.17, 15) is 4.79 Å². The van der Waals surface area contributed by atoms with E-state index < -0.39 is 0 Å². The van der Waals surface area contributed by atoms with Crippen LogP contribution in [0.5, 0.6) is 0 Å². The molecule has 0 aliphatic rings. The van der Waals surface area contributed by atoms with E-state index >= 15 is 0 Å². The van der Waals surface area contributed by atoms with Crippen LogP contribution >= 0.6 is 0 Å². The molecule has 0 bridgehead atoms. The number of ether oxygens (including phenoxy) is 1. The Balaban J connectivity index is 1.87. The van der Waals surface area contributed by atoms with Gasteiger partial charge in [0.2, 0.25) is 0 Å². The van der Waals surface area contributed by atoms with Crippen molar-refractivity contribution in [2.75, 3.05) is 6.61 Å². The van der Waals surface area contributed by atoms with Gasteiger partial charge in [-0.1, -0.05) is 90.4 Å². The Morgan fingerprint density at radius 2 is 1.35 bits per heavy atom. The number of unbranched alkanes of at least 4 members (excludes halogenated alkanes) is 13. The van der Waals surface area contributed by atoms with Gasteiger partial charge in [-0.25, -0.2) is 4.79 Å². The molecule has 0 aromatic carbocycles. The minimum absolute atomic E-state index is 0.327. The number of aryl methyl sites for hydroxylation is 1. The quantitative estimate of drug-likeness (QED) is 0.233. The van der Waals surface area contributed by atoms with Gasteiger partial charge in [0.1, 0.15) is 0 Å². The lowest BCUT2D eigenvalue weighted by Crippen LogP contribution is -2.07. The fourth-order valence-corrected chi connectivity index (χ4v) is 3.27. The first-order valence-electron chi connectivity index (χ1n) is 11.0. The van der Waals surface area contributed by atoms with Gasteiger partial charge in [-0.15, -0.1) is 0 Å². The van der Waals surface area contributed by atoms with Crippen LogP contribution in [0.4, 0.5) is 0 Å². The van der Waals surface area contributed by atoms with Gasteiger partial charge in [-0.3, -0.25) is 4.68 Å². The smallest absolute Gasteiger partial charge is 0.358 e. The molecule has 0 fully saturated rings. The van der Waals surface area contributed by atoms with Crippen LogP contribution in [-0.4, -0.2) is 22.4 Å². The first-order chi connectivity index (χ1) is 12.8. The molecule has 0 atom stereocenters. The van der Waals surface area contributed by atoms with Gasteiger partial charge in [0.05, 0.1) is 6.61 Å². The minimum atomic E-state index is -0.327. The van der Waals surface area contributed by atoms with Crippen LogP contribution in [-0.2, 0) is 11.3 Å². The molecule has 1 rings (SSSR count). The third-order valence-corrected chi connectivity index (χ3v) is 4.87. The molecule has 0 unspecified atom stereocenters. The first-order valence-corrected chi connectivity index (χ1v) is 11.0. The standard InChI is InChI=1S/C22H40N2O2/c1-3-5-6-7-8-9-10-11-12-13-14-15-16-17-19-24-20-18-21(23-24)22(25)26-4-2/h18,20H,3-17,19H2,1-2H3. The van der Waals surface area contributed by atoms with Gasteiger partial charge in [0, 0.05) is 12.7 Å². The molecule has 1 aromatic heterocycles. The number of hydrogen-bond acceptors (Lipinski definition) is 3. The molecule has 0 saturated carbocycles. The van der Waals surface area contributed by atoms with Crippen molar-refractivity contribution in [2.24, 2.45) is 0 Å². The molecule has 0 N–H and O–H groups in total. The van der Waals surface area contributed by atoms with E-state index in [1.807, 2.05) is 17.8 Å². The average Bonchev–Trinajstić information content (AvgIpc) is 3.11. The molecular weight excluding hydrogens is 324 g/mol. The maximum atomic E-state index is 11.6. The van der Waals surface area contributed by atoms with E-state index in [0.29, 0.717) is 12.3 Å². The lowest BCUT2D eigenvalue weighted by atomic mass is 10.0. The highest BCUT2D eigenvalue weighted by molar-refractivity contribution is 5.86. The van der Waals surface area contributed by atoms with E-state index in [2.05, 4.69) is 12.0 Å². The zero-order valence-corrected chi connectivity index (χ0v) is 17.2. The molecule has 0 aliphatic heterocycles. The van der Waals surface area contributed by atoms with Gasteiger partial charge in [-0.05, 0) is 19.4 Å². The van der Waals surface area contributed by atoms with Crippen molar-refractivity contribution in [3.63, 3.8) is 0 Å². The van der Waals surface area contributed by atoms with Crippen LogP contribution in [0, 0.1) is 0 Å². The van der Waals surface area contributed by atoms with E-state index in [0.717, 1.165) is 13.0 Å². The predicted molar refractivity (Wildman–Crippen MR) is 108 cm³/mol. The third-order valence-electron chi connectivity index (χ3n) is 4.87. The molecular formula is C22H40N2O2. The Bertz CT molecular complexity index is 457. The van der Waals surface area contributed by atoms with Crippen LogP contribution in [0.25, 0.3) is 0 Å². The molecule has 0 aliphatic carbocycles. The van der Waals surface area contributed by atoms with E-state index in [-0.39, 0.29) is 5.97 Å². The van der Waals surface area contributed by atoms with Crippen molar-refractivity contribution >= 4 is 5.97 Å². The monoisotopic (exact) mass is 364 g/mol. The van der Waals surface area contributed by atoms with Crippen molar-refractivity contribution in [3.8, 4) is 0 Å². The molecule has 150 valence electrons. The Morgan fingerprint density at radius 1 is 0.846 bits per heavy atom. The van der Waals surface area contributed by atoms with Gasteiger partial charge < -0.3 is 4.74 Å². The highest BCUT2D eigenvalue weighted by Gasteiger charge is 2.09. The van der Waals surface area contributed by atoms with Crippen LogP contribution in [0.2, 0.25) is 0 Å². The second kappa shape index (κ2) is 15.9. The van der Waals surface area contributed by atoms with Crippen molar-refractivity contribution in [1.82, 2.24) is 9.78 Å². The lowest BCUT2D eigenvalue weighted by Gasteiger charge is -2.04. The van der Waals surface area contributed by atoms with Crippen molar-refractivity contribution < 1.29 is 9.53 Å². The van der Waals surface area contributed by atoms with Gasteiger partial charge >= 0.3 is 5.97 Å². The first kappa shape index (κ1) is 22.7. The summed E-state index contributed by atoms with van der Waals surface area (Å²) in [5, 5.41) is 4.27. The van der Waals surface area contributed by atoms with E-state index in [1.54, 1.807) is 6.07 Å². The summed E-state index contributed by atoms with van der Waals surface area (Å²) in [4.78, 5) is 11.6. The average molecular weight is 365 g/mol. The molecule has 0 spiro atoms. The summed E-state index contributed by atoms with van der Waals surface area (Å²) in [5.74, 6) is -0.327. The van der Waals surface area contributed by atoms with Gasteiger partial charge in [0.25, 0.3) is 0 Å². The summed E-state index contributed by atoms with van der Waals surface area (Å²) in [6, 6.07) is 1.74. The minimum Gasteiger partial charge on any atom is -0.461 e. The Labute approximate surface area is 160 Å². The molecule has 0 radical (unpaired) electrons. The number of nitrogens with zero attached hydrogens (tertiary/aromatic N) is 2. The van der Waals surface area contributed by atoms with E-state index in [4.69, 9.17) is 4.74 Å². The number of carbonyl (C=O) groups is 1. The largest absolute Gasteiger partial charge is 0.461 e. The molecule has 4 heteroatoms. The fraction of sp³-hybridized carbons (Fsp3) is 0.818. The Morgan fingerprint density at radius 3 is 1.85 bits per heavy atom. The Kier molecular flexibility index (Phi) is 13.9. The maximum absolute atomic E-state index is 11.6. The summed E-state index contributed by atoms with van der Waals surface area (Å²) < 4.78 is 6.81. The fourth-order valence-electron chi connectivity index (χ4n) is 3.27. The van der Waals surface area contributed by atoms with Crippen molar-refractivity contribution in [3.05, 3.63) is 18.0 Å². The van der Waals surface area contributed by atoms with Crippen LogP contribution in [0.1, 0.15) is 114 Å². The summed E-state index contributed by atoms with van der Waals surface area (Å²) in [6.07, 6.45) is 21.0. The van der Waals surface area contributed by atoms with Gasteiger partial charge in [0.15, 0.2) is 5.69 Å². The predicted octanol–water partition coefficient (Wildman–Crippen LogP) is 6.54. The number of carbonyl (C=O) groups excluding carboxylic acids is 1. The normalized spacial score (nSPS) is 11.0. The summed E-state index contributed by atoms with van der Waals surface area (Å²) >= 11 is 0. The molecule has 1 heterocycles. The lowest BCUT2D eigenvalue weighted by molar-refractivity contribution is 0.0518. The third kappa shape index (κ3) is 11.3. The number of hydrogen-bond donors (Lipinski definition) is 0.